The molecule has 2 heterocycles. The van der Waals surface area contributed by atoms with Crippen molar-refractivity contribution in [3.63, 3.8) is 0 Å². The lowest BCUT2D eigenvalue weighted by molar-refractivity contribution is 0.192. The number of nitriles is 2. The fraction of sp³-hybridized carbons (Fsp3) is 0.571. The molecule has 2 unspecified atom stereocenters. The number of likely N-dealkylation sites (tertiary alicyclic amines) is 2. The summed E-state index contributed by atoms with van der Waals surface area (Å²) in [5.74, 6) is 2.31. The third kappa shape index (κ3) is 4.21. The molecule has 2 amide bonds. The molecule has 1 aromatic rings. The number of fused-ring (bicyclic) bond motifs is 1. The molecule has 7 nitrogen and oxygen atoms in total. The number of rotatable bonds is 6. The number of nitrogens with zero attached hydrogens (tertiary/aromatic N) is 4. The van der Waals surface area contributed by atoms with Gasteiger partial charge in [0.15, 0.2) is 0 Å². The second kappa shape index (κ2) is 8.08. The summed E-state index contributed by atoms with van der Waals surface area (Å²) in [5, 5.41) is 21.2. The maximum atomic E-state index is 12.3. The molecule has 28 heavy (non-hydrogen) atoms. The van der Waals surface area contributed by atoms with Gasteiger partial charge in [-0.2, -0.15) is 10.5 Å². The van der Waals surface area contributed by atoms with Gasteiger partial charge in [-0.15, -0.1) is 0 Å². The SMILES string of the molecule is N#Cc1ccc(OCCN2CC3CN(C(=O)NCC4CC4)CC3C2)c(C#N)c1. The van der Waals surface area contributed by atoms with E-state index in [0.29, 0.717) is 41.2 Å². The zero-order chi connectivity index (χ0) is 19.5. The molecule has 2 saturated heterocycles. The zero-order valence-corrected chi connectivity index (χ0v) is 15.9. The van der Waals surface area contributed by atoms with Crippen molar-refractivity contribution in [2.24, 2.45) is 17.8 Å². The Hall–Kier alpha value is -2.77. The second-order valence-corrected chi connectivity index (χ2v) is 8.10. The van der Waals surface area contributed by atoms with Crippen LogP contribution in [0.4, 0.5) is 4.79 Å². The van der Waals surface area contributed by atoms with Gasteiger partial charge >= 0.3 is 6.03 Å². The lowest BCUT2D eigenvalue weighted by Crippen LogP contribution is -2.41. The van der Waals surface area contributed by atoms with E-state index in [9.17, 15) is 10.1 Å². The average Bonchev–Trinajstić information content (AvgIpc) is 3.34. The predicted octanol–water partition coefficient (Wildman–Crippen LogP) is 1.79. The lowest BCUT2D eigenvalue weighted by Gasteiger charge is -2.22. The Morgan fingerprint density at radius 1 is 1.14 bits per heavy atom. The predicted molar refractivity (Wildman–Crippen MR) is 102 cm³/mol. The summed E-state index contributed by atoms with van der Waals surface area (Å²) in [7, 11) is 0. The van der Waals surface area contributed by atoms with E-state index in [1.54, 1.807) is 18.2 Å². The monoisotopic (exact) mass is 379 g/mol. The molecule has 2 atom stereocenters. The minimum Gasteiger partial charge on any atom is -0.491 e. The van der Waals surface area contributed by atoms with Crippen LogP contribution in [0.3, 0.4) is 0 Å². The largest absolute Gasteiger partial charge is 0.491 e. The Bertz CT molecular complexity index is 809. The van der Waals surface area contributed by atoms with Gasteiger partial charge in [0, 0.05) is 39.3 Å². The van der Waals surface area contributed by atoms with E-state index in [4.69, 9.17) is 10.00 Å². The van der Waals surface area contributed by atoms with Crippen LogP contribution in [0.25, 0.3) is 0 Å². The van der Waals surface area contributed by atoms with Crippen molar-refractivity contribution in [1.29, 1.82) is 10.5 Å². The van der Waals surface area contributed by atoms with Crippen LogP contribution in [-0.2, 0) is 0 Å². The standard InChI is InChI=1S/C21H25N5O2/c22-8-16-3-4-20(17(7-16)9-23)28-6-5-25-11-18-13-26(14-19(18)12-25)21(27)24-10-15-1-2-15/h3-4,7,15,18-19H,1-2,5-6,10-14H2,(H,24,27). The second-order valence-electron chi connectivity index (χ2n) is 8.10. The Morgan fingerprint density at radius 2 is 1.89 bits per heavy atom. The van der Waals surface area contributed by atoms with Crippen LogP contribution in [0.5, 0.6) is 5.75 Å². The molecule has 1 aliphatic carbocycles. The normalized spacial score (nSPS) is 23.7. The summed E-state index contributed by atoms with van der Waals surface area (Å²) in [6.07, 6.45) is 2.50. The number of benzene rings is 1. The first-order valence-corrected chi connectivity index (χ1v) is 9.98. The molecule has 4 rings (SSSR count). The topological polar surface area (TPSA) is 92.4 Å². The maximum absolute atomic E-state index is 12.3. The summed E-state index contributed by atoms with van der Waals surface area (Å²) in [6.45, 7) is 5.78. The molecule has 2 aliphatic heterocycles. The molecule has 146 valence electrons. The van der Waals surface area contributed by atoms with Crippen LogP contribution in [0, 0.1) is 40.4 Å². The molecule has 1 saturated carbocycles. The van der Waals surface area contributed by atoms with Crippen molar-refractivity contribution in [3.05, 3.63) is 29.3 Å². The lowest BCUT2D eigenvalue weighted by atomic mass is 10.0. The third-order valence-corrected chi connectivity index (χ3v) is 5.98. The first-order chi connectivity index (χ1) is 13.7. The van der Waals surface area contributed by atoms with Gasteiger partial charge in [0.2, 0.25) is 0 Å². The van der Waals surface area contributed by atoms with Gasteiger partial charge in [-0.3, -0.25) is 4.90 Å². The Labute approximate surface area is 165 Å². The minimum absolute atomic E-state index is 0.0982. The van der Waals surface area contributed by atoms with E-state index >= 15 is 0 Å². The van der Waals surface area contributed by atoms with E-state index in [0.717, 1.165) is 39.3 Å². The highest BCUT2D eigenvalue weighted by Gasteiger charge is 2.41. The summed E-state index contributed by atoms with van der Waals surface area (Å²) < 4.78 is 5.78. The van der Waals surface area contributed by atoms with Crippen LogP contribution >= 0.6 is 0 Å². The molecule has 3 aliphatic rings. The van der Waals surface area contributed by atoms with Gasteiger partial charge in [-0.05, 0) is 48.8 Å². The highest BCUT2D eigenvalue weighted by atomic mass is 16.5. The highest BCUT2D eigenvalue weighted by Crippen LogP contribution is 2.31. The van der Waals surface area contributed by atoms with Gasteiger partial charge in [0.1, 0.15) is 18.4 Å². The zero-order valence-electron chi connectivity index (χ0n) is 15.9. The summed E-state index contributed by atoms with van der Waals surface area (Å²) in [4.78, 5) is 16.6. The van der Waals surface area contributed by atoms with Crippen LogP contribution in [0.2, 0.25) is 0 Å². The van der Waals surface area contributed by atoms with E-state index in [1.165, 1.54) is 12.8 Å². The van der Waals surface area contributed by atoms with Gasteiger partial charge in [0.05, 0.1) is 17.2 Å². The molecular formula is C21H25N5O2. The van der Waals surface area contributed by atoms with Crippen LogP contribution in [0.1, 0.15) is 24.0 Å². The molecule has 7 heteroatoms. The van der Waals surface area contributed by atoms with E-state index < -0.39 is 0 Å². The van der Waals surface area contributed by atoms with Gasteiger partial charge in [-0.1, -0.05) is 0 Å². The van der Waals surface area contributed by atoms with Crippen molar-refractivity contribution in [2.45, 2.75) is 12.8 Å². The fourth-order valence-electron chi connectivity index (χ4n) is 4.20. The number of ether oxygens (including phenoxy) is 1. The number of carbonyl (C=O) groups excluding carboxylic acids is 1. The third-order valence-electron chi connectivity index (χ3n) is 5.98. The van der Waals surface area contributed by atoms with E-state index in [1.807, 2.05) is 11.0 Å². The van der Waals surface area contributed by atoms with Crippen molar-refractivity contribution in [3.8, 4) is 17.9 Å². The van der Waals surface area contributed by atoms with Gasteiger partial charge < -0.3 is 15.0 Å². The number of hydrogen-bond donors (Lipinski definition) is 1. The number of amides is 2. The van der Waals surface area contributed by atoms with Crippen LogP contribution in [0.15, 0.2) is 18.2 Å². The Morgan fingerprint density at radius 3 is 2.54 bits per heavy atom. The summed E-state index contributed by atoms with van der Waals surface area (Å²) in [5.41, 5.74) is 0.854. The maximum Gasteiger partial charge on any atom is 0.317 e. The molecular weight excluding hydrogens is 354 g/mol. The van der Waals surface area contributed by atoms with Crippen LogP contribution in [-0.4, -0.2) is 61.7 Å². The smallest absolute Gasteiger partial charge is 0.317 e. The van der Waals surface area contributed by atoms with Crippen molar-refractivity contribution in [1.82, 2.24) is 15.1 Å². The van der Waals surface area contributed by atoms with Gasteiger partial charge in [0.25, 0.3) is 0 Å². The van der Waals surface area contributed by atoms with E-state index in [2.05, 4.69) is 16.3 Å². The first kappa shape index (κ1) is 18.6. The van der Waals surface area contributed by atoms with Crippen molar-refractivity contribution < 1.29 is 9.53 Å². The minimum atomic E-state index is 0.0982. The van der Waals surface area contributed by atoms with Gasteiger partial charge in [-0.25, -0.2) is 4.79 Å². The average molecular weight is 379 g/mol. The molecule has 1 N–H and O–H groups in total. The highest BCUT2D eigenvalue weighted by molar-refractivity contribution is 5.74. The first-order valence-electron chi connectivity index (χ1n) is 9.98. The molecule has 0 bridgehead atoms. The van der Waals surface area contributed by atoms with Crippen molar-refractivity contribution in [2.75, 3.05) is 45.9 Å². The van der Waals surface area contributed by atoms with Crippen LogP contribution < -0.4 is 10.1 Å². The fourth-order valence-corrected chi connectivity index (χ4v) is 4.20. The summed E-state index contributed by atoms with van der Waals surface area (Å²) >= 11 is 0. The van der Waals surface area contributed by atoms with Crippen molar-refractivity contribution >= 4 is 6.03 Å². The number of nitrogens with one attached hydrogen (secondary N) is 1. The molecule has 0 aromatic heterocycles. The summed E-state index contributed by atoms with van der Waals surface area (Å²) in [6, 6.07) is 9.12. The molecule has 1 aromatic carbocycles. The number of carbonyl (C=O) groups is 1. The Kier molecular flexibility index (Phi) is 5.36. The number of hydrogen-bond acceptors (Lipinski definition) is 5. The van der Waals surface area contributed by atoms with E-state index in [-0.39, 0.29) is 6.03 Å². The molecule has 3 fully saturated rings. The Balaban J connectivity index is 1.20. The quantitative estimate of drug-likeness (QED) is 0.813. The molecule has 0 radical (unpaired) electrons. The molecule has 0 spiro atoms. The number of urea groups is 1.